The second kappa shape index (κ2) is 11.6. The third-order valence-electron chi connectivity index (χ3n) is 6.08. The van der Waals surface area contributed by atoms with Gasteiger partial charge < -0.3 is 20.5 Å². The van der Waals surface area contributed by atoms with Crippen LogP contribution in [0.1, 0.15) is 21.6 Å². The van der Waals surface area contributed by atoms with Gasteiger partial charge in [0, 0.05) is 23.6 Å². The molecular formula is C29H26N6O5S. The summed E-state index contributed by atoms with van der Waals surface area (Å²) in [6.45, 7) is 1.54. The Balaban J connectivity index is 1.48. The Hall–Kier alpha value is -5.07. The molecule has 5 rings (SSSR count). The Bertz CT molecular complexity index is 1840. The topological polar surface area (TPSA) is 155 Å². The fourth-order valence-corrected chi connectivity index (χ4v) is 5.13. The van der Waals surface area contributed by atoms with Crippen LogP contribution in [0.4, 0.5) is 23.0 Å². The van der Waals surface area contributed by atoms with Crippen LogP contribution in [0.2, 0.25) is 0 Å². The summed E-state index contributed by atoms with van der Waals surface area (Å²) in [4.78, 5) is 25.8. The molecule has 11 nitrogen and oxygen atoms in total. The van der Waals surface area contributed by atoms with E-state index in [0.717, 1.165) is 0 Å². The smallest absolute Gasteiger partial charge is 0.274 e. The summed E-state index contributed by atoms with van der Waals surface area (Å²) in [6, 6.07) is 21.4. The number of nitrogens with zero attached hydrogens (tertiary/aromatic N) is 3. The van der Waals surface area contributed by atoms with Crippen molar-refractivity contribution in [1.29, 1.82) is 0 Å². The van der Waals surface area contributed by atoms with Crippen molar-refractivity contribution in [2.75, 3.05) is 22.5 Å². The Morgan fingerprint density at radius 1 is 0.902 bits per heavy atom. The Morgan fingerprint density at radius 2 is 1.66 bits per heavy atom. The maximum atomic E-state index is 13.5. The molecule has 4 N–H and O–H groups in total. The summed E-state index contributed by atoms with van der Waals surface area (Å²) in [5, 5.41) is 15.4. The number of amides is 1. The van der Waals surface area contributed by atoms with Crippen molar-refractivity contribution in [3.63, 3.8) is 0 Å². The largest absolute Gasteiger partial charge is 0.497 e. The van der Waals surface area contributed by atoms with Crippen molar-refractivity contribution in [1.82, 2.24) is 15.0 Å². The van der Waals surface area contributed by atoms with E-state index >= 15 is 0 Å². The third kappa shape index (κ3) is 6.24. The number of fused-ring (bicyclic) bond motifs is 1. The number of anilines is 4. The number of hydrogen-bond acceptors (Lipinski definition) is 9. The highest BCUT2D eigenvalue weighted by molar-refractivity contribution is 7.92. The molecule has 2 heterocycles. The summed E-state index contributed by atoms with van der Waals surface area (Å²) in [7, 11) is -2.67. The van der Waals surface area contributed by atoms with Gasteiger partial charge in [-0.15, -0.1) is 0 Å². The van der Waals surface area contributed by atoms with E-state index in [1.54, 1.807) is 67.6 Å². The molecule has 0 aliphatic heterocycles. The summed E-state index contributed by atoms with van der Waals surface area (Å²) < 4.78 is 34.9. The van der Waals surface area contributed by atoms with Gasteiger partial charge in [0.25, 0.3) is 15.9 Å². The molecule has 41 heavy (non-hydrogen) atoms. The number of nitrogens with one attached hydrogen (secondary N) is 3. The molecule has 208 valence electrons. The molecule has 2 aromatic heterocycles. The molecule has 3 aromatic carbocycles. The van der Waals surface area contributed by atoms with E-state index in [0.29, 0.717) is 33.6 Å². The van der Waals surface area contributed by atoms with Crippen molar-refractivity contribution < 1.29 is 23.1 Å². The first-order valence-corrected chi connectivity index (χ1v) is 13.9. The van der Waals surface area contributed by atoms with Crippen LogP contribution >= 0.6 is 0 Å². The Kier molecular flexibility index (Phi) is 7.77. The van der Waals surface area contributed by atoms with Crippen molar-refractivity contribution >= 4 is 50.0 Å². The zero-order valence-corrected chi connectivity index (χ0v) is 22.9. The molecule has 0 radical (unpaired) electrons. The first-order valence-electron chi connectivity index (χ1n) is 12.4. The molecule has 0 aliphatic carbocycles. The number of benzene rings is 3. The average molecular weight is 571 g/mol. The van der Waals surface area contributed by atoms with Gasteiger partial charge in [-0.05, 0) is 66.6 Å². The van der Waals surface area contributed by atoms with Crippen LogP contribution in [-0.2, 0) is 16.6 Å². The molecule has 0 aliphatic rings. The van der Waals surface area contributed by atoms with Gasteiger partial charge in [0.2, 0.25) is 0 Å². The molecule has 0 saturated carbocycles. The number of para-hydroxylation sites is 2. The van der Waals surface area contributed by atoms with Crippen molar-refractivity contribution in [3.05, 3.63) is 102 Å². The lowest BCUT2D eigenvalue weighted by atomic mass is 10.2. The van der Waals surface area contributed by atoms with E-state index in [1.165, 1.54) is 31.5 Å². The lowest BCUT2D eigenvalue weighted by Gasteiger charge is -2.15. The molecule has 0 atom stereocenters. The van der Waals surface area contributed by atoms with Gasteiger partial charge in [-0.2, -0.15) is 0 Å². The Labute approximate surface area is 236 Å². The van der Waals surface area contributed by atoms with E-state index in [-0.39, 0.29) is 34.5 Å². The molecular weight excluding hydrogens is 544 g/mol. The second-order valence-electron chi connectivity index (χ2n) is 9.02. The number of aryl methyl sites for hydroxylation is 1. The number of aliphatic hydroxyl groups is 1. The minimum absolute atomic E-state index is 0.0457. The number of aliphatic hydroxyl groups excluding tert-OH is 1. The highest BCUT2D eigenvalue weighted by atomic mass is 32.2. The van der Waals surface area contributed by atoms with Gasteiger partial charge >= 0.3 is 0 Å². The molecule has 1 amide bonds. The van der Waals surface area contributed by atoms with Crippen molar-refractivity contribution in [3.8, 4) is 5.75 Å². The van der Waals surface area contributed by atoms with Crippen LogP contribution in [-0.4, -0.2) is 41.5 Å². The molecule has 0 fully saturated rings. The van der Waals surface area contributed by atoms with E-state index in [9.17, 15) is 18.3 Å². The van der Waals surface area contributed by atoms with Gasteiger partial charge in [-0.3, -0.25) is 14.5 Å². The predicted octanol–water partition coefficient (Wildman–Crippen LogP) is 4.63. The van der Waals surface area contributed by atoms with Gasteiger partial charge in [0.15, 0.2) is 11.6 Å². The first-order chi connectivity index (χ1) is 19.8. The number of rotatable bonds is 9. The maximum absolute atomic E-state index is 13.5. The highest BCUT2D eigenvalue weighted by Gasteiger charge is 2.21. The minimum atomic E-state index is -4.18. The average Bonchev–Trinajstić information content (AvgIpc) is 2.97. The number of aromatic nitrogens is 3. The number of hydrogen-bond donors (Lipinski definition) is 4. The lowest BCUT2D eigenvalue weighted by molar-refractivity contribution is 0.102. The van der Waals surface area contributed by atoms with Crippen molar-refractivity contribution in [2.24, 2.45) is 0 Å². The van der Waals surface area contributed by atoms with Crippen LogP contribution in [0.25, 0.3) is 11.0 Å². The summed E-state index contributed by atoms with van der Waals surface area (Å²) >= 11 is 0. The number of sulfonamides is 1. The highest BCUT2D eigenvalue weighted by Crippen LogP contribution is 2.30. The standard InChI is InChI=1S/C29H26N6O5S/c1-18-7-6-12-30-26(18)29(37)32-20-8-5-9-23(16-20)41(38,39)35-28-27(33-24-10-3-4-11-25(24)34-28)31-21-13-19(17-36)14-22(15-21)40-2/h3-16,36H,17H2,1-2H3,(H,31,33)(H,32,37)(H,34,35). The van der Waals surface area contributed by atoms with Gasteiger partial charge in [0.1, 0.15) is 11.4 Å². The minimum Gasteiger partial charge on any atom is -0.497 e. The third-order valence-corrected chi connectivity index (χ3v) is 7.41. The predicted molar refractivity (Wildman–Crippen MR) is 156 cm³/mol. The molecule has 0 saturated heterocycles. The van der Waals surface area contributed by atoms with Crippen LogP contribution in [0.3, 0.4) is 0 Å². The summed E-state index contributed by atoms with van der Waals surface area (Å²) in [6.07, 6.45) is 1.51. The van der Waals surface area contributed by atoms with Gasteiger partial charge in [-0.1, -0.05) is 24.3 Å². The lowest BCUT2D eigenvalue weighted by Crippen LogP contribution is -2.18. The molecule has 0 spiro atoms. The maximum Gasteiger partial charge on any atom is 0.274 e. The molecule has 0 bridgehead atoms. The monoisotopic (exact) mass is 570 g/mol. The Morgan fingerprint density at radius 3 is 2.37 bits per heavy atom. The number of pyridine rings is 1. The molecule has 12 heteroatoms. The van der Waals surface area contributed by atoms with E-state index < -0.39 is 15.9 Å². The summed E-state index contributed by atoms with van der Waals surface area (Å²) in [5.41, 5.74) is 3.31. The van der Waals surface area contributed by atoms with Gasteiger partial charge in [-0.25, -0.2) is 18.4 Å². The summed E-state index contributed by atoms with van der Waals surface area (Å²) in [5.74, 6) is 0.128. The van der Waals surface area contributed by atoms with E-state index in [1.807, 2.05) is 0 Å². The fourth-order valence-electron chi connectivity index (χ4n) is 4.08. The normalized spacial score (nSPS) is 11.2. The molecule has 0 unspecified atom stereocenters. The van der Waals surface area contributed by atoms with Crippen LogP contribution in [0.5, 0.6) is 5.75 Å². The zero-order chi connectivity index (χ0) is 29.0. The number of carbonyl (C=O) groups is 1. The number of carbonyl (C=O) groups excluding carboxylic acids is 1. The van der Waals surface area contributed by atoms with Crippen molar-refractivity contribution in [2.45, 2.75) is 18.4 Å². The first kappa shape index (κ1) is 27.5. The van der Waals surface area contributed by atoms with Crippen LogP contribution in [0.15, 0.2) is 90.0 Å². The zero-order valence-electron chi connectivity index (χ0n) is 22.1. The molecule has 5 aromatic rings. The van der Waals surface area contributed by atoms with E-state index in [2.05, 4.69) is 30.3 Å². The number of methoxy groups -OCH3 is 1. The van der Waals surface area contributed by atoms with Crippen LogP contribution < -0.4 is 20.1 Å². The van der Waals surface area contributed by atoms with Gasteiger partial charge in [0.05, 0.1) is 29.6 Å². The second-order valence-corrected chi connectivity index (χ2v) is 10.7. The fraction of sp³-hybridized carbons (Fsp3) is 0.103. The van der Waals surface area contributed by atoms with Crippen LogP contribution in [0, 0.1) is 6.92 Å². The number of ether oxygens (including phenoxy) is 1. The van der Waals surface area contributed by atoms with E-state index in [4.69, 9.17) is 4.74 Å². The quantitative estimate of drug-likeness (QED) is 0.198. The SMILES string of the molecule is COc1cc(CO)cc(Nc2nc3ccccc3nc2NS(=O)(=O)c2cccc(NC(=O)c3ncccc3C)c2)c1.